The van der Waals surface area contributed by atoms with Gasteiger partial charge in [0, 0.05) is 5.02 Å². The van der Waals surface area contributed by atoms with Crippen molar-refractivity contribution in [2.45, 2.75) is 13.1 Å². The molecule has 0 aliphatic rings. The molecular formula is C16H13ClF3N3S. The summed E-state index contributed by atoms with van der Waals surface area (Å²) < 4.78 is 38.8. The highest BCUT2D eigenvalue weighted by Gasteiger charge is 2.33. The molecule has 0 bridgehead atoms. The number of thiocarbonyl (C=S) groups is 1. The molecule has 0 saturated heterocycles. The highest BCUT2D eigenvalue weighted by atomic mass is 35.5. The Morgan fingerprint density at radius 2 is 1.83 bits per heavy atom. The predicted octanol–water partition coefficient (Wildman–Crippen LogP) is 5.07. The summed E-state index contributed by atoms with van der Waals surface area (Å²) in [5.74, 6) is 0. The number of alkyl halides is 3. The van der Waals surface area contributed by atoms with E-state index in [4.69, 9.17) is 23.8 Å². The minimum absolute atomic E-state index is 0.0481. The lowest BCUT2D eigenvalue weighted by Crippen LogP contribution is -2.26. The van der Waals surface area contributed by atoms with E-state index in [2.05, 4.69) is 15.8 Å². The van der Waals surface area contributed by atoms with Crippen molar-refractivity contribution >= 4 is 40.3 Å². The molecule has 8 heteroatoms. The van der Waals surface area contributed by atoms with E-state index in [9.17, 15) is 13.2 Å². The van der Waals surface area contributed by atoms with Crippen LogP contribution in [0.1, 0.15) is 18.1 Å². The fourth-order valence-electron chi connectivity index (χ4n) is 1.90. The van der Waals surface area contributed by atoms with Crippen LogP contribution in [0, 0.1) is 0 Å². The van der Waals surface area contributed by atoms with Crippen LogP contribution in [0.25, 0.3) is 0 Å². The van der Waals surface area contributed by atoms with Crippen LogP contribution in [0.5, 0.6) is 0 Å². The average molecular weight is 372 g/mol. The van der Waals surface area contributed by atoms with Crippen LogP contribution in [0.15, 0.2) is 53.6 Å². The Hall–Kier alpha value is -2.12. The van der Waals surface area contributed by atoms with Gasteiger partial charge in [0.15, 0.2) is 5.11 Å². The molecule has 0 aromatic heterocycles. The molecule has 2 aromatic rings. The lowest BCUT2D eigenvalue weighted by atomic mass is 10.1. The Balaban J connectivity index is 2.08. The zero-order valence-corrected chi connectivity index (χ0v) is 14.1. The van der Waals surface area contributed by atoms with E-state index in [1.807, 2.05) is 6.07 Å². The molecule has 0 aliphatic heterocycles. The normalized spacial score (nSPS) is 12.0. The van der Waals surface area contributed by atoms with E-state index in [-0.39, 0.29) is 10.8 Å². The smallest absolute Gasteiger partial charge is 0.331 e. The molecule has 0 spiro atoms. The fraction of sp³-hybridized carbons (Fsp3) is 0.125. The molecule has 0 saturated carbocycles. The maximum atomic E-state index is 12.9. The molecule has 0 radical (unpaired) electrons. The van der Waals surface area contributed by atoms with Crippen molar-refractivity contribution in [1.82, 2.24) is 5.43 Å². The summed E-state index contributed by atoms with van der Waals surface area (Å²) in [4.78, 5) is 0. The number of rotatable bonds is 3. The first-order chi connectivity index (χ1) is 11.3. The van der Waals surface area contributed by atoms with Crippen LogP contribution in [0.4, 0.5) is 18.9 Å². The van der Waals surface area contributed by atoms with E-state index in [0.717, 1.165) is 11.6 Å². The number of anilines is 1. The number of hydrogen-bond acceptors (Lipinski definition) is 2. The third-order valence-electron chi connectivity index (χ3n) is 3.05. The molecule has 2 N–H and O–H groups in total. The second kappa shape index (κ2) is 7.63. The van der Waals surface area contributed by atoms with E-state index >= 15 is 0 Å². The summed E-state index contributed by atoms with van der Waals surface area (Å²) in [6.07, 6.45) is -4.47. The highest BCUT2D eigenvalue weighted by molar-refractivity contribution is 7.80. The summed E-state index contributed by atoms with van der Waals surface area (Å²) in [6, 6.07) is 12.1. The van der Waals surface area contributed by atoms with Crippen molar-refractivity contribution in [3.05, 3.63) is 64.7 Å². The minimum atomic E-state index is -4.47. The summed E-state index contributed by atoms with van der Waals surface area (Å²) >= 11 is 10.9. The van der Waals surface area contributed by atoms with Gasteiger partial charge in [0.05, 0.1) is 17.0 Å². The van der Waals surface area contributed by atoms with Crippen molar-refractivity contribution in [2.24, 2.45) is 5.10 Å². The maximum Gasteiger partial charge on any atom is 0.418 e. The van der Waals surface area contributed by atoms with Crippen molar-refractivity contribution in [3.8, 4) is 0 Å². The topological polar surface area (TPSA) is 36.4 Å². The first-order valence-electron chi connectivity index (χ1n) is 6.81. The summed E-state index contributed by atoms with van der Waals surface area (Å²) in [5, 5.41) is 7.06. The van der Waals surface area contributed by atoms with Gasteiger partial charge in [-0.3, -0.25) is 5.43 Å². The van der Waals surface area contributed by atoms with Crippen LogP contribution < -0.4 is 10.7 Å². The van der Waals surface area contributed by atoms with Crippen LogP contribution in [0.3, 0.4) is 0 Å². The molecule has 0 amide bonds. The second-order valence-corrected chi connectivity index (χ2v) is 5.66. The Morgan fingerprint density at radius 3 is 2.50 bits per heavy atom. The van der Waals surface area contributed by atoms with Gasteiger partial charge in [-0.15, -0.1) is 0 Å². The van der Waals surface area contributed by atoms with Crippen LogP contribution in [-0.2, 0) is 6.18 Å². The van der Waals surface area contributed by atoms with Gasteiger partial charge < -0.3 is 5.32 Å². The molecule has 0 unspecified atom stereocenters. The fourth-order valence-corrected chi connectivity index (χ4v) is 2.25. The van der Waals surface area contributed by atoms with Gasteiger partial charge in [-0.05, 0) is 49.0 Å². The Morgan fingerprint density at radius 1 is 1.12 bits per heavy atom. The second-order valence-electron chi connectivity index (χ2n) is 4.82. The number of benzene rings is 2. The van der Waals surface area contributed by atoms with E-state index < -0.39 is 11.7 Å². The van der Waals surface area contributed by atoms with Gasteiger partial charge in [-0.25, -0.2) is 0 Å². The number of hydrazone groups is 1. The third-order valence-corrected chi connectivity index (χ3v) is 3.48. The molecule has 0 aliphatic carbocycles. The number of hydrogen-bond donors (Lipinski definition) is 2. The van der Waals surface area contributed by atoms with E-state index in [0.29, 0.717) is 10.7 Å². The lowest BCUT2D eigenvalue weighted by molar-refractivity contribution is -0.136. The van der Waals surface area contributed by atoms with E-state index in [1.165, 1.54) is 18.2 Å². The van der Waals surface area contributed by atoms with Crippen molar-refractivity contribution in [2.75, 3.05) is 5.32 Å². The largest absolute Gasteiger partial charge is 0.418 e. The Labute approximate surface area is 147 Å². The van der Waals surface area contributed by atoms with E-state index in [1.54, 1.807) is 25.1 Å². The molecular weight excluding hydrogens is 359 g/mol. The zero-order chi connectivity index (χ0) is 17.7. The van der Waals surface area contributed by atoms with Gasteiger partial charge in [0.1, 0.15) is 0 Å². The van der Waals surface area contributed by atoms with Crippen molar-refractivity contribution in [1.29, 1.82) is 0 Å². The zero-order valence-electron chi connectivity index (χ0n) is 12.5. The van der Waals surface area contributed by atoms with Gasteiger partial charge in [0.25, 0.3) is 0 Å². The van der Waals surface area contributed by atoms with Gasteiger partial charge in [-0.2, -0.15) is 18.3 Å². The Bertz CT molecular complexity index is 775. The molecule has 24 heavy (non-hydrogen) atoms. The van der Waals surface area contributed by atoms with Crippen LogP contribution >= 0.6 is 23.8 Å². The molecule has 3 nitrogen and oxygen atoms in total. The SMILES string of the molecule is C/C(=N\NC(=S)Nc1ccccc1C(F)(F)F)c1cccc(Cl)c1. The molecule has 0 fully saturated rings. The summed E-state index contributed by atoms with van der Waals surface area (Å²) in [6.45, 7) is 1.73. The standard InChI is InChI=1S/C16H13ClF3N3S/c1-10(11-5-4-6-12(17)9-11)22-23-15(24)21-14-8-3-2-7-13(14)16(18,19)20/h2-9H,1H3,(H2,21,23,24)/b22-10+. The summed E-state index contributed by atoms with van der Waals surface area (Å²) in [5.41, 5.74) is 2.94. The van der Waals surface area contributed by atoms with Gasteiger partial charge in [-0.1, -0.05) is 35.9 Å². The molecule has 126 valence electrons. The van der Waals surface area contributed by atoms with Crippen molar-refractivity contribution < 1.29 is 13.2 Å². The molecule has 2 rings (SSSR count). The Kier molecular flexibility index (Phi) is 5.80. The minimum Gasteiger partial charge on any atom is -0.331 e. The maximum absolute atomic E-state index is 12.9. The van der Waals surface area contributed by atoms with Crippen molar-refractivity contribution in [3.63, 3.8) is 0 Å². The number of nitrogens with zero attached hydrogens (tertiary/aromatic N) is 1. The number of halogens is 4. The van der Waals surface area contributed by atoms with Crippen LogP contribution in [-0.4, -0.2) is 10.8 Å². The summed E-state index contributed by atoms with van der Waals surface area (Å²) in [7, 11) is 0. The third kappa shape index (κ3) is 4.94. The van der Waals surface area contributed by atoms with Gasteiger partial charge >= 0.3 is 6.18 Å². The van der Waals surface area contributed by atoms with Crippen LogP contribution in [0.2, 0.25) is 5.02 Å². The number of para-hydroxylation sites is 1. The number of nitrogens with one attached hydrogen (secondary N) is 2. The average Bonchev–Trinajstić information content (AvgIpc) is 2.52. The predicted molar refractivity (Wildman–Crippen MR) is 94.5 cm³/mol. The first kappa shape index (κ1) is 18.2. The first-order valence-corrected chi connectivity index (χ1v) is 7.59. The van der Waals surface area contributed by atoms with Gasteiger partial charge in [0.2, 0.25) is 0 Å². The lowest BCUT2D eigenvalue weighted by Gasteiger charge is -2.14. The molecule has 2 aromatic carbocycles. The highest BCUT2D eigenvalue weighted by Crippen LogP contribution is 2.34. The molecule has 0 heterocycles. The quantitative estimate of drug-likeness (QED) is 0.449. The molecule has 0 atom stereocenters. The monoisotopic (exact) mass is 371 g/mol.